The number of hydrogen-bond donors (Lipinski definition) is 2. The van der Waals surface area contributed by atoms with E-state index >= 15 is 0 Å². The fourth-order valence-corrected chi connectivity index (χ4v) is 2.33. The number of carbonyl (C=O) groups excluding carboxylic acids is 2. The minimum atomic E-state index is -0.727. The van der Waals surface area contributed by atoms with Crippen molar-refractivity contribution in [2.45, 2.75) is 40.2 Å². The zero-order valence-corrected chi connectivity index (χ0v) is 15.6. The highest BCUT2D eigenvalue weighted by molar-refractivity contribution is 6.32. The van der Waals surface area contributed by atoms with Crippen LogP contribution in [0.1, 0.15) is 44.5 Å². The van der Waals surface area contributed by atoms with Crippen molar-refractivity contribution in [3.8, 4) is 0 Å². The molecule has 138 valence electrons. The largest absolute Gasteiger partial charge is 0.354 e. The van der Waals surface area contributed by atoms with E-state index in [4.69, 9.17) is 11.6 Å². The summed E-state index contributed by atoms with van der Waals surface area (Å²) in [7, 11) is 0. The van der Waals surface area contributed by atoms with Gasteiger partial charge in [0.05, 0.1) is 4.92 Å². The van der Waals surface area contributed by atoms with Crippen molar-refractivity contribution in [3.63, 3.8) is 0 Å². The number of hydrogen-bond acceptors (Lipinski definition) is 4. The van der Waals surface area contributed by atoms with Gasteiger partial charge in [-0.2, -0.15) is 0 Å². The van der Waals surface area contributed by atoms with Gasteiger partial charge in [0.1, 0.15) is 11.1 Å². The zero-order valence-electron chi connectivity index (χ0n) is 14.8. The summed E-state index contributed by atoms with van der Waals surface area (Å²) in [4.78, 5) is 35.0. The van der Waals surface area contributed by atoms with Gasteiger partial charge in [0.25, 0.3) is 11.6 Å². The van der Waals surface area contributed by atoms with Gasteiger partial charge in [-0.25, -0.2) is 0 Å². The molecular formula is C17H24ClN3O4. The molecule has 8 heteroatoms. The lowest BCUT2D eigenvalue weighted by Gasteiger charge is -2.22. The summed E-state index contributed by atoms with van der Waals surface area (Å²) >= 11 is 5.75. The molecule has 0 aliphatic rings. The first-order chi connectivity index (χ1) is 11.6. The Morgan fingerprint density at radius 1 is 1.24 bits per heavy atom. The number of benzene rings is 1. The number of nitro groups is 1. The van der Waals surface area contributed by atoms with Gasteiger partial charge in [0, 0.05) is 18.2 Å². The van der Waals surface area contributed by atoms with Crippen LogP contribution in [0.3, 0.4) is 0 Å². The molecule has 0 spiro atoms. The number of nitrogens with zero attached hydrogens (tertiary/aromatic N) is 1. The molecule has 1 aromatic rings. The molecule has 0 saturated heterocycles. The Bertz CT molecular complexity index is 647. The molecule has 25 heavy (non-hydrogen) atoms. The number of nitro benzene ring substituents is 1. The summed E-state index contributed by atoms with van der Waals surface area (Å²) in [5, 5.41) is 16.3. The van der Waals surface area contributed by atoms with Crippen LogP contribution in [0.5, 0.6) is 0 Å². The predicted octanol–water partition coefficient (Wildman–Crippen LogP) is 3.16. The Labute approximate surface area is 152 Å². The number of nitrogens with one attached hydrogen (secondary N) is 2. The predicted molar refractivity (Wildman–Crippen MR) is 96.7 cm³/mol. The summed E-state index contributed by atoms with van der Waals surface area (Å²) in [5.41, 5.74) is -0.270. The molecule has 0 saturated carbocycles. The second-order valence-corrected chi connectivity index (χ2v) is 7.00. The second-order valence-electron chi connectivity index (χ2n) is 6.59. The normalized spacial score (nSPS) is 12.1. The molecule has 1 rings (SSSR count). The fraction of sp³-hybridized carbons (Fsp3) is 0.529. The van der Waals surface area contributed by atoms with Crippen LogP contribution < -0.4 is 10.6 Å². The van der Waals surface area contributed by atoms with Crippen LogP contribution in [-0.4, -0.2) is 29.3 Å². The molecule has 2 amide bonds. The molecule has 0 aliphatic heterocycles. The van der Waals surface area contributed by atoms with Crippen molar-refractivity contribution in [2.24, 2.45) is 11.8 Å². The van der Waals surface area contributed by atoms with E-state index < -0.39 is 16.9 Å². The van der Waals surface area contributed by atoms with E-state index in [1.54, 1.807) is 0 Å². The lowest BCUT2D eigenvalue weighted by Crippen LogP contribution is -2.50. The standard InChI is InChI=1S/C17H24ClN3O4/c1-10(2)7-8-19-17(23)15(11(3)4)20-16(22)12-5-6-13(18)14(9-12)21(24)25/h5-6,9-11,15H,7-8H2,1-4H3,(H,19,23)(H,20,22). The summed E-state index contributed by atoms with van der Waals surface area (Å²) in [5.74, 6) is -0.503. The second kappa shape index (κ2) is 9.36. The minimum absolute atomic E-state index is 0.0478. The van der Waals surface area contributed by atoms with Crippen LogP contribution in [0.15, 0.2) is 18.2 Å². The van der Waals surface area contributed by atoms with Gasteiger partial charge >= 0.3 is 0 Å². The number of rotatable bonds is 8. The Balaban J connectivity index is 2.84. The lowest BCUT2D eigenvalue weighted by molar-refractivity contribution is -0.384. The first-order valence-electron chi connectivity index (χ1n) is 8.16. The van der Waals surface area contributed by atoms with E-state index in [1.165, 1.54) is 12.1 Å². The first kappa shape index (κ1) is 20.9. The molecule has 0 radical (unpaired) electrons. The van der Waals surface area contributed by atoms with Crippen molar-refractivity contribution in [2.75, 3.05) is 6.54 Å². The summed E-state index contributed by atoms with van der Waals surface area (Å²) in [6.07, 6.45) is 0.841. The Morgan fingerprint density at radius 2 is 1.88 bits per heavy atom. The third-order valence-corrected chi connectivity index (χ3v) is 3.98. The topological polar surface area (TPSA) is 101 Å². The molecule has 1 atom stereocenters. The maximum absolute atomic E-state index is 12.4. The summed E-state index contributed by atoms with van der Waals surface area (Å²) in [6.45, 7) is 8.28. The van der Waals surface area contributed by atoms with E-state index in [0.29, 0.717) is 12.5 Å². The molecule has 1 unspecified atom stereocenters. The average Bonchev–Trinajstić information content (AvgIpc) is 2.51. The monoisotopic (exact) mass is 369 g/mol. The summed E-state index contributed by atoms with van der Waals surface area (Å²) < 4.78 is 0. The van der Waals surface area contributed by atoms with Crippen LogP contribution in [0.2, 0.25) is 5.02 Å². The molecule has 7 nitrogen and oxygen atoms in total. The summed E-state index contributed by atoms with van der Waals surface area (Å²) in [6, 6.07) is 3.06. The van der Waals surface area contributed by atoms with Crippen molar-refractivity contribution in [3.05, 3.63) is 38.9 Å². The van der Waals surface area contributed by atoms with E-state index in [2.05, 4.69) is 24.5 Å². The quantitative estimate of drug-likeness (QED) is 0.542. The lowest BCUT2D eigenvalue weighted by atomic mass is 10.0. The SMILES string of the molecule is CC(C)CCNC(=O)C(NC(=O)c1ccc(Cl)c([N+](=O)[O-])c1)C(C)C. The van der Waals surface area contributed by atoms with Crippen LogP contribution in [0.25, 0.3) is 0 Å². The van der Waals surface area contributed by atoms with E-state index in [0.717, 1.165) is 12.5 Å². The molecular weight excluding hydrogens is 346 g/mol. The number of halogens is 1. The van der Waals surface area contributed by atoms with Gasteiger partial charge in [0.2, 0.25) is 5.91 Å². The van der Waals surface area contributed by atoms with Gasteiger partial charge in [-0.1, -0.05) is 39.3 Å². The minimum Gasteiger partial charge on any atom is -0.354 e. The molecule has 2 N–H and O–H groups in total. The maximum atomic E-state index is 12.4. The molecule has 0 fully saturated rings. The van der Waals surface area contributed by atoms with Crippen molar-refractivity contribution in [1.82, 2.24) is 10.6 Å². The number of carbonyl (C=O) groups is 2. The molecule has 0 bridgehead atoms. The van der Waals surface area contributed by atoms with Crippen LogP contribution >= 0.6 is 11.6 Å². The van der Waals surface area contributed by atoms with Gasteiger partial charge < -0.3 is 10.6 Å². The highest BCUT2D eigenvalue weighted by atomic mass is 35.5. The third kappa shape index (κ3) is 6.34. The highest BCUT2D eigenvalue weighted by Gasteiger charge is 2.25. The first-order valence-corrected chi connectivity index (χ1v) is 8.53. The Hall–Kier alpha value is -2.15. The van der Waals surface area contributed by atoms with Gasteiger partial charge in [0.15, 0.2) is 0 Å². The Kier molecular flexibility index (Phi) is 7.83. The molecule has 0 heterocycles. The average molecular weight is 370 g/mol. The Morgan fingerprint density at radius 3 is 2.40 bits per heavy atom. The van der Waals surface area contributed by atoms with Crippen LogP contribution in [-0.2, 0) is 4.79 Å². The van der Waals surface area contributed by atoms with Crippen molar-refractivity contribution in [1.29, 1.82) is 0 Å². The maximum Gasteiger partial charge on any atom is 0.288 e. The molecule has 0 aliphatic carbocycles. The van der Waals surface area contributed by atoms with Gasteiger partial charge in [-0.3, -0.25) is 19.7 Å². The third-order valence-electron chi connectivity index (χ3n) is 3.66. The van der Waals surface area contributed by atoms with Gasteiger partial charge in [-0.05, 0) is 30.4 Å². The van der Waals surface area contributed by atoms with Crippen molar-refractivity contribution >= 4 is 29.1 Å². The number of amides is 2. The van der Waals surface area contributed by atoms with E-state index in [1.807, 2.05) is 13.8 Å². The smallest absolute Gasteiger partial charge is 0.288 e. The zero-order chi connectivity index (χ0) is 19.1. The fourth-order valence-electron chi connectivity index (χ4n) is 2.15. The van der Waals surface area contributed by atoms with E-state index in [-0.39, 0.29) is 28.1 Å². The van der Waals surface area contributed by atoms with Crippen molar-refractivity contribution < 1.29 is 14.5 Å². The van der Waals surface area contributed by atoms with E-state index in [9.17, 15) is 19.7 Å². The molecule has 0 aromatic heterocycles. The van der Waals surface area contributed by atoms with Gasteiger partial charge in [-0.15, -0.1) is 0 Å². The molecule has 1 aromatic carbocycles. The van der Waals surface area contributed by atoms with Crippen LogP contribution in [0.4, 0.5) is 5.69 Å². The van der Waals surface area contributed by atoms with Crippen LogP contribution in [0, 0.1) is 22.0 Å². The highest BCUT2D eigenvalue weighted by Crippen LogP contribution is 2.25.